The summed E-state index contributed by atoms with van der Waals surface area (Å²) in [6, 6.07) is 2.80. The van der Waals surface area contributed by atoms with Gasteiger partial charge in [-0.2, -0.15) is 0 Å². The Morgan fingerprint density at radius 1 is 1.48 bits per heavy atom. The number of hydrogen-bond donors (Lipinski definition) is 1. The first-order valence-electron chi connectivity index (χ1n) is 7.61. The van der Waals surface area contributed by atoms with Crippen LogP contribution in [0.5, 0.6) is 0 Å². The first-order valence-corrected chi connectivity index (χ1v) is 7.61. The van der Waals surface area contributed by atoms with Crippen LogP contribution < -0.4 is 5.32 Å². The Labute approximate surface area is 135 Å². The SMILES string of the molecule is CC(C)(C)OC(=O)N1CCC(C(=O)NCc2ncccc2F)C1. The molecule has 1 unspecified atom stereocenters. The molecule has 1 aliphatic rings. The zero-order chi connectivity index (χ0) is 17.0. The highest BCUT2D eigenvalue weighted by atomic mass is 19.1. The Hall–Kier alpha value is -2.18. The lowest BCUT2D eigenvalue weighted by atomic mass is 10.1. The maximum absolute atomic E-state index is 13.5. The topological polar surface area (TPSA) is 71.5 Å². The van der Waals surface area contributed by atoms with Crippen molar-refractivity contribution in [3.05, 3.63) is 29.8 Å². The van der Waals surface area contributed by atoms with Gasteiger partial charge in [-0.1, -0.05) is 0 Å². The molecule has 0 radical (unpaired) electrons. The molecule has 2 amide bonds. The second-order valence-corrected chi connectivity index (χ2v) is 6.56. The van der Waals surface area contributed by atoms with E-state index in [1.807, 2.05) is 0 Å². The number of carbonyl (C=O) groups excluding carboxylic acids is 2. The van der Waals surface area contributed by atoms with E-state index in [0.29, 0.717) is 19.5 Å². The summed E-state index contributed by atoms with van der Waals surface area (Å²) < 4.78 is 18.7. The van der Waals surface area contributed by atoms with Crippen molar-refractivity contribution in [1.82, 2.24) is 15.2 Å². The average molecular weight is 323 g/mol. The molecule has 0 saturated carbocycles. The lowest BCUT2D eigenvalue weighted by molar-refractivity contribution is -0.124. The molecule has 0 spiro atoms. The molecular weight excluding hydrogens is 301 g/mol. The molecule has 1 saturated heterocycles. The van der Waals surface area contributed by atoms with E-state index in [2.05, 4.69) is 10.3 Å². The van der Waals surface area contributed by atoms with Crippen molar-refractivity contribution in [2.75, 3.05) is 13.1 Å². The van der Waals surface area contributed by atoms with Gasteiger partial charge in [-0.25, -0.2) is 9.18 Å². The van der Waals surface area contributed by atoms with Crippen LogP contribution in [-0.2, 0) is 16.1 Å². The van der Waals surface area contributed by atoms with E-state index in [-0.39, 0.29) is 24.1 Å². The molecule has 1 atom stereocenters. The van der Waals surface area contributed by atoms with Gasteiger partial charge in [0.05, 0.1) is 18.2 Å². The monoisotopic (exact) mass is 323 g/mol. The molecular formula is C16H22FN3O3. The van der Waals surface area contributed by atoms with Crippen LogP contribution in [0.2, 0.25) is 0 Å². The maximum atomic E-state index is 13.5. The Morgan fingerprint density at radius 3 is 2.87 bits per heavy atom. The van der Waals surface area contributed by atoms with Gasteiger partial charge in [-0.3, -0.25) is 9.78 Å². The smallest absolute Gasteiger partial charge is 0.410 e. The second-order valence-electron chi connectivity index (χ2n) is 6.56. The number of rotatable bonds is 3. The van der Waals surface area contributed by atoms with E-state index in [9.17, 15) is 14.0 Å². The zero-order valence-electron chi connectivity index (χ0n) is 13.6. The fraction of sp³-hybridized carbons (Fsp3) is 0.562. The third-order valence-corrected chi connectivity index (χ3v) is 3.48. The number of nitrogens with one attached hydrogen (secondary N) is 1. The molecule has 6 nitrogen and oxygen atoms in total. The molecule has 7 heteroatoms. The van der Waals surface area contributed by atoms with Gasteiger partial charge in [-0.05, 0) is 39.3 Å². The van der Waals surface area contributed by atoms with Gasteiger partial charge in [0.2, 0.25) is 5.91 Å². The van der Waals surface area contributed by atoms with Crippen LogP contribution in [0.15, 0.2) is 18.3 Å². The van der Waals surface area contributed by atoms with Crippen LogP contribution in [0.3, 0.4) is 0 Å². The summed E-state index contributed by atoms with van der Waals surface area (Å²) in [7, 11) is 0. The van der Waals surface area contributed by atoms with E-state index in [1.165, 1.54) is 23.2 Å². The van der Waals surface area contributed by atoms with E-state index in [4.69, 9.17) is 4.74 Å². The van der Waals surface area contributed by atoms with E-state index in [1.54, 1.807) is 20.8 Å². The molecule has 1 aromatic heterocycles. The third kappa shape index (κ3) is 4.91. The van der Waals surface area contributed by atoms with Gasteiger partial charge in [0.15, 0.2) is 0 Å². The number of nitrogens with zero attached hydrogens (tertiary/aromatic N) is 2. The van der Waals surface area contributed by atoms with Crippen molar-refractivity contribution >= 4 is 12.0 Å². The molecule has 2 rings (SSSR count). The van der Waals surface area contributed by atoms with E-state index in [0.717, 1.165) is 0 Å². The number of aromatic nitrogens is 1. The van der Waals surface area contributed by atoms with Crippen LogP contribution in [-0.4, -0.2) is 40.6 Å². The van der Waals surface area contributed by atoms with Gasteiger partial charge in [0.1, 0.15) is 11.4 Å². The van der Waals surface area contributed by atoms with Crippen molar-refractivity contribution in [3.63, 3.8) is 0 Å². The molecule has 23 heavy (non-hydrogen) atoms. The minimum absolute atomic E-state index is 0.0362. The Kier molecular flexibility index (Phi) is 5.18. The molecule has 1 aromatic rings. The number of likely N-dealkylation sites (tertiary alicyclic amines) is 1. The van der Waals surface area contributed by atoms with Crippen molar-refractivity contribution in [2.24, 2.45) is 5.92 Å². The van der Waals surface area contributed by atoms with Crippen LogP contribution in [0.4, 0.5) is 9.18 Å². The molecule has 1 fully saturated rings. The lowest BCUT2D eigenvalue weighted by Gasteiger charge is -2.24. The standard InChI is InChI=1S/C16H22FN3O3/c1-16(2,3)23-15(22)20-8-6-11(10-20)14(21)19-9-13-12(17)5-4-7-18-13/h4-5,7,11H,6,8-10H2,1-3H3,(H,19,21). The summed E-state index contributed by atoms with van der Waals surface area (Å²) in [4.78, 5) is 29.5. The Morgan fingerprint density at radius 2 is 2.22 bits per heavy atom. The van der Waals surface area contributed by atoms with Crippen molar-refractivity contribution in [3.8, 4) is 0 Å². The molecule has 0 bridgehead atoms. The van der Waals surface area contributed by atoms with Gasteiger partial charge < -0.3 is 15.0 Å². The van der Waals surface area contributed by atoms with E-state index < -0.39 is 17.5 Å². The quantitative estimate of drug-likeness (QED) is 0.924. The third-order valence-electron chi connectivity index (χ3n) is 3.48. The number of ether oxygens (including phenoxy) is 1. The number of halogens is 1. The summed E-state index contributed by atoms with van der Waals surface area (Å²) in [6.07, 6.45) is 1.63. The maximum Gasteiger partial charge on any atom is 0.410 e. The summed E-state index contributed by atoms with van der Waals surface area (Å²) in [5, 5.41) is 2.67. The van der Waals surface area contributed by atoms with Gasteiger partial charge >= 0.3 is 6.09 Å². The van der Waals surface area contributed by atoms with Crippen LogP contribution in [0.1, 0.15) is 32.9 Å². The van der Waals surface area contributed by atoms with Crippen molar-refractivity contribution in [2.45, 2.75) is 39.3 Å². The number of pyridine rings is 1. The fourth-order valence-corrected chi connectivity index (χ4v) is 2.33. The largest absolute Gasteiger partial charge is 0.444 e. The van der Waals surface area contributed by atoms with Crippen LogP contribution >= 0.6 is 0 Å². The second kappa shape index (κ2) is 6.93. The zero-order valence-corrected chi connectivity index (χ0v) is 13.6. The Balaban J connectivity index is 1.83. The number of amides is 2. The first-order chi connectivity index (χ1) is 10.8. The lowest BCUT2D eigenvalue weighted by Crippen LogP contribution is -2.37. The first kappa shape index (κ1) is 17.2. The highest BCUT2D eigenvalue weighted by molar-refractivity contribution is 5.80. The summed E-state index contributed by atoms with van der Waals surface area (Å²) in [6.45, 7) is 6.22. The molecule has 126 valence electrons. The minimum atomic E-state index is -0.562. The van der Waals surface area contributed by atoms with Crippen molar-refractivity contribution < 1.29 is 18.7 Å². The molecule has 0 aliphatic carbocycles. The highest BCUT2D eigenvalue weighted by Crippen LogP contribution is 2.19. The average Bonchev–Trinajstić information content (AvgIpc) is 2.94. The van der Waals surface area contributed by atoms with Crippen LogP contribution in [0, 0.1) is 11.7 Å². The summed E-state index contributed by atoms with van der Waals surface area (Å²) in [5.74, 6) is -0.968. The van der Waals surface area contributed by atoms with Crippen LogP contribution in [0.25, 0.3) is 0 Å². The highest BCUT2D eigenvalue weighted by Gasteiger charge is 2.33. The molecule has 2 heterocycles. The number of hydrogen-bond acceptors (Lipinski definition) is 4. The normalized spacial score (nSPS) is 17.9. The summed E-state index contributed by atoms with van der Waals surface area (Å²) >= 11 is 0. The molecule has 0 aromatic carbocycles. The number of carbonyl (C=O) groups is 2. The van der Waals surface area contributed by atoms with Gasteiger partial charge in [0, 0.05) is 19.3 Å². The summed E-state index contributed by atoms with van der Waals surface area (Å²) in [5.41, 5.74) is -0.364. The van der Waals surface area contributed by atoms with Gasteiger partial charge in [-0.15, -0.1) is 0 Å². The predicted octanol–water partition coefficient (Wildman–Crippen LogP) is 2.09. The molecule has 1 aliphatic heterocycles. The predicted molar refractivity (Wildman–Crippen MR) is 82.0 cm³/mol. The Bertz CT molecular complexity index is 586. The van der Waals surface area contributed by atoms with Crippen molar-refractivity contribution in [1.29, 1.82) is 0 Å². The van der Waals surface area contributed by atoms with Gasteiger partial charge in [0.25, 0.3) is 0 Å². The van der Waals surface area contributed by atoms with E-state index >= 15 is 0 Å². The molecule has 1 N–H and O–H groups in total. The minimum Gasteiger partial charge on any atom is -0.444 e. The fourth-order valence-electron chi connectivity index (χ4n) is 2.33.